The minimum absolute atomic E-state index is 0.164. The Morgan fingerprint density at radius 1 is 1.10 bits per heavy atom. The van der Waals surface area contributed by atoms with E-state index < -0.39 is 0 Å². The standard InChI is InChI=1S/C23H27N3O3/c1-16-9-10-21(17(2)13-16)26-22(23(27)24-11-6-12-28-3)15-20(25-26)18-7-5-8-19(14-18)29-4/h5,7-10,13-15H,6,11-12H2,1-4H3,(H,24,27). The van der Waals surface area contributed by atoms with E-state index in [1.54, 1.807) is 18.9 Å². The number of nitrogens with zero attached hydrogens (tertiary/aromatic N) is 2. The average molecular weight is 393 g/mol. The van der Waals surface area contributed by atoms with Gasteiger partial charge >= 0.3 is 0 Å². The smallest absolute Gasteiger partial charge is 0.270 e. The summed E-state index contributed by atoms with van der Waals surface area (Å²) in [6.45, 7) is 5.21. The zero-order chi connectivity index (χ0) is 20.8. The van der Waals surface area contributed by atoms with Crippen LogP contribution in [-0.2, 0) is 4.74 Å². The zero-order valence-electron chi connectivity index (χ0n) is 17.4. The molecule has 1 amide bonds. The van der Waals surface area contributed by atoms with Gasteiger partial charge in [-0.3, -0.25) is 4.79 Å². The van der Waals surface area contributed by atoms with Gasteiger partial charge in [-0.15, -0.1) is 0 Å². The van der Waals surface area contributed by atoms with Gasteiger partial charge in [0.05, 0.1) is 18.5 Å². The molecular weight excluding hydrogens is 366 g/mol. The van der Waals surface area contributed by atoms with E-state index in [4.69, 9.17) is 14.6 Å². The van der Waals surface area contributed by atoms with E-state index >= 15 is 0 Å². The van der Waals surface area contributed by atoms with Crippen molar-refractivity contribution in [2.24, 2.45) is 0 Å². The first-order valence-corrected chi connectivity index (χ1v) is 9.62. The molecule has 6 nitrogen and oxygen atoms in total. The number of hydrogen-bond donors (Lipinski definition) is 1. The summed E-state index contributed by atoms with van der Waals surface area (Å²) in [5, 5.41) is 7.72. The molecule has 0 aliphatic heterocycles. The Morgan fingerprint density at radius 3 is 2.66 bits per heavy atom. The predicted octanol–water partition coefficient (Wildman–Crippen LogP) is 3.93. The summed E-state index contributed by atoms with van der Waals surface area (Å²) in [4.78, 5) is 12.9. The maximum absolute atomic E-state index is 12.9. The first-order chi connectivity index (χ1) is 14.0. The third kappa shape index (κ3) is 4.84. The van der Waals surface area contributed by atoms with Gasteiger partial charge in [-0.2, -0.15) is 5.10 Å². The van der Waals surface area contributed by atoms with Crippen LogP contribution in [0.4, 0.5) is 0 Å². The van der Waals surface area contributed by atoms with E-state index in [1.807, 2.05) is 56.3 Å². The summed E-state index contributed by atoms with van der Waals surface area (Å²) < 4.78 is 12.1. The highest BCUT2D eigenvalue weighted by Gasteiger charge is 2.19. The number of ether oxygens (including phenoxy) is 2. The second-order valence-electron chi connectivity index (χ2n) is 6.95. The van der Waals surface area contributed by atoms with Gasteiger partial charge in [0, 0.05) is 25.8 Å². The summed E-state index contributed by atoms with van der Waals surface area (Å²) in [5.41, 5.74) is 5.20. The number of nitrogens with one attached hydrogen (secondary N) is 1. The van der Waals surface area contributed by atoms with Crippen LogP contribution in [0.3, 0.4) is 0 Å². The van der Waals surface area contributed by atoms with Crippen molar-refractivity contribution in [3.63, 3.8) is 0 Å². The molecule has 1 heterocycles. The van der Waals surface area contributed by atoms with Gasteiger partial charge in [-0.25, -0.2) is 4.68 Å². The van der Waals surface area contributed by atoms with Crippen molar-refractivity contribution in [3.05, 3.63) is 65.4 Å². The summed E-state index contributed by atoms with van der Waals surface area (Å²) in [5.74, 6) is 0.580. The molecule has 6 heteroatoms. The van der Waals surface area contributed by atoms with Crippen molar-refractivity contribution in [3.8, 4) is 22.7 Å². The summed E-state index contributed by atoms with van der Waals surface area (Å²) in [6.07, 6.45) is 0.753. The number of rotatable bonds is 8. The Morgan fingerprint density at radius 2 is 1.93 bits per heavy atom. The van der Waals surface area contributed by atoms with Crippen LogP contribution in [0.5, 0.6) is 5.75 Å². The molecule has 0 atom stereocenters. The Kier molecular flexibility index (Phi) is 6.67. The number of hydrogen-bond acceptors (Lipinski definition) is 4. The van der Waals surface area contributed by atoms with E-state index in [1.165, 1.54) is 0 Å². The monoisotopic (exact) mass is 393 g/mol. The van der Waals surface area contributed by atoms with Crippen LogP contribution < -0.4 is 10.1 Å². The molecule has 3 rings (SSSR count). The van der Waals surface area contributed by atoms with E-state index in [0.717, 1.165) is 34.5 Å². The Balaban J connectivity index is 2.02. The van der Waals surface area contributed by atoms with Crippen molar-refractivity contribution in [2.75, 3.05) is 27.4 Å². The largest absolute Gasteiger partial charge is 0.497 e. The van der Waals surface area contributed by atoms with Gasteiger partial charge in [-0.05, 0) is 50.1 Å². The highest BCUT2D eigenvalue weighted by Crippen LogP contribution is 2.26. The average Bonchev–Trinajstić information content (AvgIpc) is 3.16. The lowest BCUT2D eigenvalue weighted by Crippen LogP contribution is -2.27. The number of carbonyl (C=O) groups excluding carboxylic acids is 1. The van der Waals surface area contributed by atoms with Crippen LogP contribution in [0.15, 0.2) is 48.5 Å². The van der Waals surface area contributed by atoms with Gasteiger partial charge in [0.1, 0.15) is 11.4 Å². The van der Waals surface area contributed by atoms with Gasteiger partial charge in [0.25, 0.3) is 5.91 Å². The van der Waals surface area contributed by atoms with Crippen molar-refractivity contribution < 1.29 is 14.3 Å². The number of methoxy groups -OCH3 is 2. The first-order valence-electron chi connectivity index (χ1n) is 9.62. The molecule has 152 valence electrons. The molecule has 2 aromatic carbocycles. The minimum atomic E-state index is -0.164. The molecule has 1 aromatic heterocycles. The maximum atomic E-state index is 12.9. The molecule has 0 saturated heterocycles. The molecule has 0 spiro atoms. The highest BCUT2D eigenvalue weighted by molar-refractivity contribution is 5.94. The molecule has 3 aromatic rings. The fraction of sp³-hybridized carbons (Fsp3) is 0.304. The lowest BCUT2D eigenvalue weighted by molar-refractivity contribution is 0.0941. The Hall–Kier alpha value is -3.12. The molecule has 1 N–H and O–H groups in total. The number of benzene rings is 2. The fourth-order valence-corrected chi connectivity index (χ4v) is 3.20. The van der Waals surface area contributed by atoms with Gasteiger partial charge in [0.2, 0.25) is 0 Å². The first kappa shape index (κ1) is 20.6. The van der Waals surface area contributed by atoms with Crippen molar-refractivity contribution >= 4 is 5.91 Å². The van der Waals surface area contributed by atoms with Crippen LogP contribution in [-0.4, -0.2) is 43.1 Å². The fourth-order valence-electron chi connectivity index (χ4n) is 3.20. The van der Waals surface area contributed by atoms with Crippen LogP contribution >= 0.6 is 0 Å². The summed E-state index contributed by atoms with van der Waals surface area (Å²) >= 11 is 0. The lowest BCUT2D eigenvalue weighted by Gasteiger charge is -2.11. The number of carbonyl (C=O) groups is 1. The molecule has 0 saturated carbocycles. The van der Waals surface area contributed by atoms with Crippen molar-refractivity contribution in [1.82, 2.24) is 15.1 Å². The molecule has 0 fully saturated rings. The van der Waals surface area contributed by atoms with Crippen molar-refractivity contribution in [2.45, 2.75) is 20.3 Å². The maximum Gasteiger partial charge on any atom is 0.270 e. The molecule has 0 bridgehead atoms. The van der Waals surface area contributed by atoms with E-state index in [2.05, 4.69) is 11.4 Å². The van der Waals surface area contributed by atoms with E-state index in [0.29, 0.717) is 24.5 Å². The van der Waals surface area contributed by atoms with Crippen LogP contribution in [0, 0.1) is 13.8 Å². The normalized spacial score (nSPS) is 10.8. The van der Waals surface area contributed by atoms with Crippen molar-refractivity contribution in [1.29, 1.82) is 0 Å². The van der Waals surface area contributed by atoms with Crippen LogP contribution in [0.1, 0.15) is 28.0 Å². The Bertz CT molecular complexity index is 995. The van der Waals surface area contributed by atoms with E-state index in [-0.39, 0.29) is 5.91 Å². The van der Waals surface area contributed by atoms with Crippen LogP contribution in [0.25, 0.3) is 16.9 Å². The molecule has 0 aliphatic carbocycles. The Labute approximate surface area is 171 Å². The number of aromatic nitrogens is 2. The third-order valence-electron chi connectivity index (χ3n) is 4.70. The summed E-state index contributed by atoms with van der Waals surface area (Å²) in [6, 6.07) is 15.6. The topological polar surface area (TPSA) is 65.4 Å². The molecule has 0 radical (unpaired) electrons. The van der Waals surface area contributed by atoms with Crippen LogP contribution in [0.2, 0.25) is 0 Å². The van der Waals surface area contributed by atoms with Gasteiger partial charge in [0.15, 0.2) is 0 Å². The molecular formula is C23H27N3O3. The number of amides is 1. The second kappa shape index (κ2) is 9.39. The lowest BCUT2D eigenvalue weighted by atomic mass is 10.1. The quantitative estimate of drug-likeness (QED) is 0.589. The molecule has 0 aliphatic rings. The predicted molar refractivity (Wildman–Crippen MR) is 114 cm³/mol. The van der Waals surface area contributed by atoms with E-state index in [9.17, 15) is 4.79 Å². The summed E-state index contributed by atoms with van der Waals surface area (Å²) in [7, 11) is 3.28. The second-order valence-corrected chi connectivity index (χ2v) is 6.95. The number of aryl methyl sites for hydroxylation is 2. The molecule has 0 unspecified atom stereocenters. The van der Waals surface area contributed by atoms with Gasteiger partial charge in [-0.1, -0.05) is 29.8 Å². The SMILES string of the molecule is COCCCNC(=O)c1cc(-c2cccc(OC)c2)nn1-c1ccc(C)cc1C. The third-order valence-corrected chi connectivity index (χ3v) is 4.70. The molecule has 29 heavy (non-hydrogen) atoms. The van der Waals surface area contributed by atoms with Gasteiger partial charge < -0.3 is 14.8 Å². The minimum Gasteiger partial charge on any atom is -0.497 e. The highest BCUT2D eigenvalue weighted by atomic mass is 16.5. The zero-order valence-corrected chi connectivity index (χ0v) is 17.4.